The Hall–Kier alpha value is -1.11. The molecule has 1 fully saturated rings. The molecular weight excluding hydrogens is 240 g/mol. The number of hydrogen-bond donors (Lipinski definition) is 0. The molecule has 6 nitrogen and oxygen atoms in total. The summed E-state index contributed by atoms with van der Waals surface area (Å²) in [6.07, 6.45) is -3.79. The van der Waals surface area contributed by atoms with Crippen LogP contribution < -0.4 is 0 Å². The molecule has 0 radical (unpaired) electrons. The lowest BCUT2D eigenvalue weighted by Gasteiger charge is -2.30. The van der Waals surface area contributed by atoms with Crippen LogP contribution in [0.1, 0.15) is 20.8 Å². The first-order chi connectivity index (χ1) is 8.58. The van der Waals surface area contributed by atoms with Gasteiger partial charge in [-0.25, -0.2) is 0 Å². The lowest BCUT2D eigenvalue weighted by molar-refractivity contribution is -0.172. The fourth-order valence-electron chi connectivity index (χ4n) is 1.83. The predicted molar refractivity (Wildman–Crippen MR) is 61.3 cm³/mol. The van der Waals surface area contributed by atoms with Crippen LogP contribution >= 0.6 is 0 Å². The van der Waals surface area contributed by atoms with Crippen LogP contribution in [0.2, 0.25) is 0 Å². The molecule has 1 rings (SSSR count). The molecule has 0 aliphatic heterocycles. The molecule has 1 aliphatic carbocycles. The Morgan fingerprint density at radius 2 is 0.889 bits per heavy atom. The molecule has 0 aromatic heterocycles. The maximum Gasteiger partial charge on any atom is 0.205 e. The van der Waals surface area contributed by atoms with Crippen molar-refractivity contribution in [3.8, 4) is 0 Å². The molecule has 18 heavy (non-hydrogen) atoms. The molecule has 102 valence electrons. The number of carbonyl (C=O) groups excluding carboxylic acids is 3. The van der Waals surface area contributed by atoms with Gasteiger partial charge in [0.25, 0.3) is 0 Å². The van der Waals surface area contributed by atoms with E-state index < -0.39 is 35.7 Å². The molecule has 0 atom stereocenters. The highest BCUT2D eigenvalue weighted by Gasteiger charge is 2.50. The normalized spacial score (nSPS) is 28.8. The predicted octanol–water partition coefficient (Wildman–Crippen LogP) is -0.0774. The minimum atomic E-state index is -1.26. The first-order valence-corrected chi connectivity index (χ1v) is 6.04. The van der Waals surface area contributed by atoms with Gasteiger partial charge in [-0.1, -0.05) is 0 Å². The zero-order valence-electron chi connectivity index (χ0n) is 10.8. The van der Waals surface area contributed by atoms with E-state index in [1.807, 2.05) is 0 Å². The van der Waals surface area contributed by atoms with Crippen LogP contribution in [-0.2, 0) is 28.6 Å². The van der Waals surface area contributed by atoms with Gasteiger partial charge in [0.05, 0.1) is 0 Å². The first-order valence-electron chi connectivity index (χ1n) is 6.04. The Morgan fingerprint density at radius 3 is 1.06 bits per heavy atom. The van der Waals surface area contributed by atoms with Crippen molar-refractivity contribution in [1.29, 1.82) is 0 Å². The summed E-state index contributed by atoms with van der Waals surface area (Å²) in [5.41, 5.74) is 0. The zero-order valence-corrected chi connectivity index (χ0v) is 10.8. The lowest BCUT2D eigenvalue weighted by atomic mass is 9.88. The quantitative estimate of drug-likeness (QED) is 0.620. The summed E-state index contributed by atoms with van der Waals surface area (Å²) in [5.74, 6) is -1.90. The van der Waals surface area contributed by atoms with Crippen LogP contribution in [0.5, 0.6) is 0 Å². The molecule has 1 aliphatic rings. The van der Waals surface area contributed by atoms with E-state index in [2.05, 4.69) is 0 Å². The van der Waals surface area contributed by atoms with Crippen molar-refractivity contribution in [3.05, 3.63) is 0 Å². The molecule has 1 saturated carbocycles. The summed E-state index contributed by atoms with van der Waals surface area (Å²) in [4.78, 5) is 35.8. The van der Waals surface area contributed by atoms with Crippen molar-refractivity contribution in [2.45, 2.75) is 39.1 Å². The minimum absolute atomic E-state index is 0.202. The molecule has 0 amide bonds. The highest BCUT2D eigenvalue weighted by atomic mass is 16.5. The molecular formula is C12H18O6. The summed E-state index contributed by atoms with van der Waals surface area (Å²) in [6.45, 7) is 5.61. The largest absolute Gasteiger partial charge is 0.363 e. The second-order valence-electron chi connectivity index (χ2n) is 3.71. The van der Waals surface area contributed by atoms with Gasteiger partial charge in [-0.3, -0.25) is 14.4 Å². The Morgan fingerprint density at radius 1 is 0.667 bits per heavy atom. The molecule has 0 unspecified atom stereocenters. The van der Waals surface area contributed by atoms with Gasteiger partial charge in [0, 0.05) is 19.8 Å². The van der Waals surface area contributed by atoms with Gasteiger partial charge >= 0.3 is 0 Å². The van der Waals surface area contributed by atoms with Gasteiger partial charge < -0.3 is 14.2 Å². The standard InChI is InChI=1S/C12H18O6/c1-4-16-10-7(13)11(17-5-2)9(15)12(8(10)14)18-6-3/h10-12H,4-6H2,1-3H3. The Labute approximate surface area is 106 Å². The van der Waals surface area contributed by atoms with E-state index in [0.29, 0.717) is 0 Å². The van der Waals surface area contributed by atoms with Gasteiger partial charge in [0.15, 0.2) is 18.3 Å². The van der Waals surface area contributed by atoms with Crippen molar-refractivity contribution < 1.29 is 28.6 Å². The average Bonchev–Trinajstić information content (AvgIpc) is 2.35. The van der Waals surface area contributed by atoms with Crippen LogP contribution in [-0.4, -0.2) is 55.5 Å². The topological polar surface area (TPSA) is 78.9 Å². The van der Waals surface area contributed by atoms with E-state index in [1.165, 1.54) is 0 Å². The fourth-order valence-corrected chi connectivity index (χ4v) is 1.83. The molecule has 0 bridgehead atoms. The fraction of sp³-hybridized carbons (Fsp3) is 0.750. The van der Waals surface area contributed by atoms with E-state index >= 15 is 0 Å². The minimum Gasteiger partial charge on any atom is -0.363 e. The SMILES string of the molecule is CCOC1C(=O)C(OCC)C(=O)C(OCC)C1=O. The molecule has 0 heterocycles. The van der Waals surface area contributed by atoms with Gasteiger partial charge in [-0.15, -0.1) is 0 Å². The van der Waals surface area contributed by atoms with Gasteiger partial charge in [-0.05, 0) is 20.8 Å². The van der Waals surface area contributed by atoms with Crippen LogP contribution in [0.15, 0.2) is 0 Å². The molecule has 0 spiro atoms. The first kappa shape index (κ1) is 14.9. The summed E-state index contributed by atoms with van der Waals surface area (Å²) >= 11 is 0. The zero-order chi connectivity index (χ0) is 13.7. The summed E-state index contributed by atoms with van der Waals surface area (Å²) in [5, 5.41) is 0. The number of hydrogen-bond acceptors (Lipinski definition) is 6. The number of ether oxygens (including phenoxy) is 3. The van der Waals surface area contributed by atoms with Crippen molar-refractivity contribution in [1.82, 2.24) is 0 Å². The van der Waals surface area contributed by atoms with Gasteiger partial charge in [0.1, 0.15) is 0 Å². The summed E-state index contributed by atoms with van der Waals surface area (Å²) in [6, 6.07) is 0. The Balaban J connectivity index is 2.98. The smallest absolute Gasteiger partial charge is 0.205 e. The van der Waals surface area contributed by atoms with Crippen LogP contribution in [0.3, 0.4) is 0 Å². The maximum atomic E-state index is 11.9. The van der Waals surface area contributed by atoms with E-state index in [4.69, 9.17) is 14.2 Å². The average molecular weight is 258 g/mol. The highest BCUT2D eigenvalue weighted by Crippen LogP contribution is 2.18. The summed E-state index contributed by atoms with van der Waals surface area (Å²) in [7, 11) is 0. The Bertz CT molecular complexity index is 267. The number of ketones is 3. The van der Waals surface area contributed by atoms with E-state index in [-0.39, 0.29) is 19.8 Å². The van der Waals surface area contributed by atoms with E-state index in [1.54, 1.807) is 20.8 Å². The van der Waals surface area contributed by atoms with E-state index in [0.717, 1.165) is 0 Å². The van der Waals surface area contributed by atoms with Crippen molar-refractivity contribution in [2.24, 2.45) is 0 Å². The Kier molecular flexibility index (Phi) is 5.58. The van der Waals surface area contributed by atoms with E-state index in [9.17, 15) is 14.4 Å². The molecule has 0 N–H and O–H groups in total. The molecule has 0 aromatic rings. The molecule has 0 saturated heterocycles. The van der Waals surface area contributed by atoms with Gasteiger partial charge in [-0.2, -0.15) is 0 Å². The van der Waals surface area contributed by atoms with Gasteiger partial charge in [0.2, 0.25) is 17.3 Å². The third-order valence-corrected chi connectivity index (χ3v) is 2.55. The number of rotatable bonds is 6. The highest BCUT2D eigenvalue weighted by molar-refractivity contribution is 6.29. The summed E-state index contributed by atoms with van der Waals surface area (Å²) < 4.78 is 15.3. The van der Waals surface area contributed by atoms with Crippen molar-refractivity contribution >= 4 is 17.3 Å². The number of carbonyl (C=O) groups is 3. The third kappa shape index (κ3) is 2.82. The molecule has 6 heteroatoms. The van der Waals surface area contributed by atoms with Crippen molar-refractivity contribution in [2.75, 3.05) is 19.8 Å². The maximum absolute atomic E-state index is 11.9. The number of Topliss-reactive ketones (excluding diaryl/α,β-unsaturated/α-hetero) is 3. The second-order valence-corrected chi connectivity index (χ2v) is 3.71. The van der Waals surface area contributed by atoms with Crippen LogP contribution in [0, 0.1) is 0 Å². The van der Waals surface area contributed by atoms with Crippen LogP contribution in [0.4, 0.5) is 0 Å². The molecule has 0 aromatic carbocycles. The lowest BCUT2D eigenvalue weighted by Crippen LogP contribution is -2.59. The van der Waals surface area contributed by atoms with Crippen molar-refractivity contribution in [3.63, 3.8) is 0 Å². The second kappa shape index (κ2) is 6.72. The van der Waals surface area contributed by atoms with Crippen LogP contribution in [0.25, 0.3) is 0 Å². The third-order valence-electron chi connectivity index (χ3n) is 2.55. The monoisotopic (exact) mass is 258 g/mol.